The molecule has 0 spiro atoms. The van der Waals surface area contributed by atoms with E-state index in [1.165, 1.54) is 166 Å². The average molecular weight is 1310 g/mol. The summed E-state index contributed by atoms with van der Waals surface area (Å²) in [6.07, 6.45) is 0.872. The van der Waals surface area contributed by atoms with Crippen LogP contribution in [0.3, 0.4) is 0 Å². The Labute approximate surface area is 582 Å². The maximum Gasteiger partial charge on any atom is 0.146 e. The summed E-state index contributed by atoms with van der Waals surface area (Å²) in [6.45, 7) is 2.17. The zero-order valence-corrected chi connectivity index (χ0v) is 56.0. The highest BCUT2D eigenvalue weighted by molar-refractivity contribution is 7.26. The fraction of sp³-hybridized carbons (Fsp3) is 0.0213. The van der Waals surface area contributed by atoms with Gasteiger partial charge < -0.3 is 0 Å². The Bertz CT molecular complexity index is 7090. The summed E-state index contributed by atoms with van der Waals surface area (Å²) in [6, 6.07) is 118. The second-order valence-electron chi connectivity index (χ2n) is 26.5. The van der Waals surface area contributed by atoms with E-state index in [0.717, 1.165) is 51.0 Å². The summed E-state index contributed by atoms with van der Waals surface area (Å²) in [5, 5.41) is 24.2. The number of fused-ring (bicyclic) bond motifs is 21. The molecule has 100 heavy (non-hydrogen) atoms. The Kier molecular flexibility index (Phi) is 12.7. The van der Waals surface area contributed by atoms with E-state index in [9.17, 15) is 0 Å². The summed E-state index contributed by atoms with van der Waals surface area (Å²) in [4.78, 5) is 10.0. The number of benzene rings is 17. The molecule has 0 saturated carbocycles. The predicted octanol–water partition coefficient (Wildman–Crippen LogP) is 26.7. The van der Waals surface area contributed by atoms with Crippen molar-refractivity contribution in [2.45, 2.75) is 13.3 Å². The van der Waals surface area contributed by atoms with E-state index in [-0.39, 0.29) is 0 Å². The number of nitrogens with zero attached hydrogens (tertiary/aromatic N) is 4. The Balaban J connectivity index is 0.000000131. The van der Waals surface area contributed by atoms with Crippen LogP contribution < -0.4 is 0 Å². The fourth-order valence-corrected chi connectivity index (χ4v) is 18.8. The lowest BCUT2D eigenvalue weighted by Crippen LogP contribution is -2.00. The molecule has 17 aromatic carbocycles. The van der Waals surface area contributed by atoms with Crippen molar-refractivity contribution in [2.75, 3.05) is 0 Å². The van der Waals surface area contributed by atoms with Crippen molar-refractivity contribution in [3.63, 3.8) is 0 Å². The molecule has 0 radical (unpaired) electrons. The van der Waals surface area contributed by atoms with Crippen LogP contribution in [-0.4, -0.2) is 18.9 Å². The molecule has 5 aromatic heterocycles. The van der Waals surface area contributed by atoms with Crippen LogP contribution in [0.2, 0.25) is 0 Å². The number of imidazole rings is 2. The largest absolute Gasteiger partial charge is 0.296 e. The first kappa shape index (κ1) is 56.8. The molecule has 466 valence electrons. The van der Waals surface area contributed by atoms with Crippen LogP contribution in [0.1, 0.15) is 12.7 Å². The highest BCUT2D eigenvalue weighted by atomic mass is 32.1. The Hall–Kier alpha value is -12.3. The van der Waals surface area contributed by atoms with Gasteiger partial charge in [-0.05, 0) is 212 Å². The van der Waals surface area contributed by atoms with E-state index in [4.69, 9.17) is 9.97 Å². The van der Waals surface area contributed by atoms with E-state index in [1.807, 2.05) is 22.7 Å². The number of thiophene rings is 2. The van der Waals surface area contributed by atoms with Crippen LogP contribution in [-0.2, 0) is 6.42 Å². The van der Waals surface area contributed by atoms with Gasteiger partial charge in [0.25, 0.3) is 0 Å². The van der Waals surface area contributed by atoms with Crippen molar-refractivity contribution in [1.82, 2.24) is 18.9 Å². The predicted molar refractivity (Wildman–Crippen MR) is 431 cm³/mol. The highest BCUT2D eigenvalue weighted by Gasteiger charge is 2.23. The third-order valence-electron chi connectivity index (χ3n) is 21.0. The molecule has 5 heterocycles. The minimum Gasteiger partial charge on any atom is -0.296 e. The van der Waals surface area contributed by atoms with Crippen LogP contribution >= 0.6 is 22.7 Å². The zero-order valence-electron chi connectivity index (χ0n) is 54.4. The molecule has 0 fully saturated rings. The first-order chi connectivity index (χ1) is 49.5. The van der Waals surface area contributed by atoms with Crippen molar-refractivity contribution in [2.24, 2.45) is 0 Å². The number of aromatic nitrogens is 4. The lowest BCUT2D eigenvalue weighted by Gasteiger charge is -2.18. The van der Waals surface area contributed by atoms with Gasteiger partial charge in [-0.2, -0.15) is 0 Å². The van der Waals surface area contributed by atoms with E-state index >= 15 is 0 Å². The second-order valence-corrected chi connectivity index (χ2v) is 28.7. The Morgan fingerprint density at radius 3 is 1.10 bits per heavy atom. The normalized spacial score (nSPS) is 12.1. The average Bonchev–Trinajstić information content (AvgIpc) is 1.41. The molecule has 6 heteroatoms. The molecule has 4 nitrogen and oxygen atoms in total. The maximum absolute atomic E-state index is 5.10. The summed E-state index contributed by atoms with van der Waals surface area (Å²) < 4.78 is 9.95. The van der Waals surface area contributed by atoms with Gasteiger partial charge in [0.15, 0.2) is 0 Å². The topological polar surface area (TPSA) is 35.1 Å². The molecule has 0 atom stereocenters. The van der Waals surface area contributed by atoms with Crippen molar-refractivity contribution >= 4 is 177 Å². The van der Waals surface area contributed by atoms with Gasteiger partial charge in [-0.25, -0.2) is 9.97 Å². The molecular formula is C94H58N4S2. The minimum absolute atomic E-state index is 0.872. The number of aryl methyl sites for hydroxylation is 1. The summed E-state index contributed by atoms with van der Waals surface area (Å²) in [7, 11) is 0. The molecule has 22 rings (SSSR count). The summed E-state index contributed by atoms with van der Waals surface area (Å²) in [5.74, 6) is 1.08. The highest BCUT2D eigenvalue weighted by Crippen LogP contribution is 2.49. The first-order valence-electron chi connectivity index (χ1n) is 34.4. The molecule has 0 N–H and O–H groups in total. The molecule has 0 bridgehead atoms. The van der Waals surface area contributed by atoms with Crippen LogP contribution in [0.4, 0.5) is 0 Å². The summed E-state index contributed by atoms with van der Waals surface area (Å²) >= 11 is 3.77. The van der Waals surface area contributed by atoms with Crippen LogP contribution in [0.25, 0.3) is 205 Å². The smallest absolute Gasteiger partial charge is 0.146 e. The van der Waals surface area contributed by atoms with Gasteiger partial charge in [0.1, 0.15) is 11.5 Å². The van der Waals surface area contributed by atoms with Gasteiger partial charge >= 0.3 is 0 Å². The molecule has 0 aliphatic carbocycles. The number of hydrogen-bond donors (Lipinski definition) is 0. The van der Waals surface area contributed by atoms with E-state index in [2.05, 4.69) is 337 Å². The van der Waals surface area contributed by atoms with Crippen molar-refractivity contribution < 1.29 is 0 Å². The van der Waals surface area contributed by atoms with Gasteiger partial charge in [0.2, 0.25) is 0 Å². The third-order valence-corrected chi connectivity index (χ3v) is 23.3. The maximum atomic E-state index is 5.10. The molecule has 0 unspecified atom stereocenters. The molecule has 0 amide bonds. The molecular weight excluding hydrogens is 1250 g/mol. The fourth-order valence-electron chi connectivity index (χ4n) is 16.6. The number of rotatable bonds is 6. The Morgan fingerprint density at radius 2 is 0.620 bits per heavy atom. The molecule has 0 aliphatic heterocycles. The Morgan fingerprint density at radius 1 is 0.260 bits per heavy atom. The third kappa shape index (κ3) is 8.70. The minimum atomic E-state index is 0.872. The quantitative estimate of drug-likeness (QED) is 0.123. The summed E-state index contributed by atoms with van der Waals surface area (Å²) in [5.41, 5.74) is 17.7. The zero-order chi connectivity index (χ0) is 65.7. The molecule has 22 aromatic rings. The lowest BCUT2D eigenvalue weighted by atomic mass is 9.85. The van der Waals surface area contributed by atoms with Crippen LogP contribution in [0.15, 0.2) is 322 Å². The van der Waals surface area contributed by atoms with E-state index in [1.54, 1.807) is 0 Å². The van der Waals surface area contributed by atoms with E-state index < -0.39 is 0 Å². The standard InChI is InChI=1S/C49H28N2S.C45H30N2S/c1-2-12-30-28-46-41(25-29(30)11-1)40-27-32(22-24-45(40)52-46)48-36-16-6-4-14-34(36)47(35-15-5-7-17-37(35)48)31-21-23-43-39(26-31)33-13-3-8-18-38(33)49-50-42-19-9-10-20-44(42)51(43)49;1-2-43-46-39-17-9-10-18-40(39)47(43)32-22-19-28(20-23-32)44-33-13-5-7-15-35(33)45(36-16-8-6-14-34(36)44)31-21-24-41-37(26-31)38-25-29-11-3-4-12-30(29)27-42(38)48-41/h1-28H;3-27H,2H2,1H3. The van der Waals surface area contributed by atoms with Gasteiger partial charge in [0.05, 0.1) is 27.6 Å². The molecule has 0 saturated heterocycles. The monoisotopic (exact) mass is 1310 g/mol. The van der Waals surface area contributed by atoms with Crippen molar-refractivity contribution in [3.05, 3.63) is 327 Å². The second kappa shape index (κ2) is 22.4. The molecule has 0 aliphatic rings. The van der Waals surface area contributed by atoms with E-state index in [0.29, 0.717) is 0 Å². The SMILES string of the molecule is CCc1nc2ccccc2n1-c1ccc(-c2c3ccccc3c(-c3ccc4sc5cc6ccccc6cc5c4c3)c3ccccc23)cc1.c1ccc2cc3c(cc2c1)sc1ccc(-c2c4ccccc4c(-c4ccc5c(c4)c4ccccc4c4nc6ccccc6n54)c4ccccc24)cc13. The number of pyridine rings is 1. The van der Waals surface area contributed by atoms with Crippen LogP contribution in [0.5, 0.6) is 0 Å². The number of para-hydroxylation sites is 4. The van der Waals surface area contributed by atoms with Crippen LogP contribution in [0, 0.1) is 0 Å². The number of hydrogen-bond acceptors (Lipinski definition) is 4. The van der Waals surface area contributed by atoms with Gasteiger partial charge in [-0.3, -0.25) is 8.97 Å². The van der Waals surface area contributed by atoms with Crippen molar-refractivity contribution in [1.29, 1.82) is 0 Å². The van der Waals surface area contributed by atoms with Gasteiger partial charge in [-0.1, -0.05) is 231 Å². The van der Waals surface area contributed by atoms with Crippen molar-refractivity contribution in [3.8, 4) is 50.2 Å². The first-order valence-corrected chi connectivity index (χ1v) is 36.0. The lowest BCUT2D eigenvalue weighted by molar-refractivity contribution is 0.908. The van der Waals surface area contributed by atoms with Gasteiger partial charge in [-0.15, -0.1) is 22.7 Å². The van der Waals surface area contributed by atoms with Gasteiger partial charge in [0, 0.05) is 63.2 Å².